The Labute approximate surface area is 206 Å². The number of ketones is 1. The highest BCUT2D eigenvalue weighted by Crippen LogP contribution is 2.70. The Bertz CT molecular complexity index is 1080. The van der Waals surface area contributed by atoms with Gasteiger partial charge in [0.25, 0.3) is 0 Å². The molecule has 2 fully saturated rings. The lowest BCUT2D eigenvalue weighted by atomic mass is 9.44. The van der Waals surface area contributed by atoms with Crippen LogP contribution in [-0.2, 0) is 14.3 Å². The molecule has 1 aliphatic heterocycles. The molecule has 0 saturated heterocycles. The van der Waals surface area contributed by atoms with Gasteiger partial charge in [-0.1, -0.05) is 30.2 Å². The van der Waals surface area contributed by atoms with Crippen molar-refractivity contribution in [2.45, 2.75) is 102 Å². The van der Waals surface area contributed by atoms with Gasteiger partial charge in [-0.15, -0.1) is 0 Å². The van der Waals surface area contributed by atoms with Crippen molar-refractivity contribution in [1.29, 1.82) is 0 Å². The van der Waals surface area contributed by atoms with E-state index in [9.17, 15) is 30.0 Å². The molecule has 7 heteroatoms. The van der Waals surface area contributed by atoms with Crippen LogP contribution in [0.1, 0.15) is 73.1 Å². The molecule has 192 valence electrons. The Morgan fingerprint density at radius 3 is 2.49 bits per heavy atom. The minimum atomic E-state index is -1.93. The first-order valence-electron chi connectivity index (χ1n) is 12.8. The molecule has 2 saturated carbocycles. The zero-order valence-electron chi connectivity index (χ0n) is 21.3. The number of cyclic esters (lactones) is 1. The summed E-state index contributed by atoms with van der Waals surface area (Å²) in [4.78, 5) is 25.6. The van der Waals surface area contributed by atoms with E-state index in [2.05, 4.69) is 0 Å². The van der Waals surface area contributed by atoms with Crippen LogP contribution in [0.25, 0.3) is 0 Å². The Morgan fingerprint density at radius 1 is 1.14 bits per heavy atom. The third-order valence-corrected chi connectivity index (χ3v) is 11.1. The molecule has 1 heterocycles. The minimum Gasteiger partial charge on any atom is -0.455 e. The molecular formula is C28H38O7. The number of fused-ring (bicyclic) bond motifs is 5. The number of carbonyl (C=O) groups excluding carboxylic acids is 2. The van der Waals surface area contributed by atoms with E-state index in [1.165, 1.54) is 6.92 Å². The molecule has 4 N–H and O–H groups in total. The summed E-state index contributed by atoms with van der Waals surface area (Å²) < 4.78 is 5.58. The molecule has 5 aliphatic rings. The maximum atomic E-state index is 13.1. The van der Waals surface area contributed by atoms with Gasteiger partial charge in [-0.25, -0.2) is 4.79 Å². The van der Waals surface area contributed by atoms with Gasteiger partial charge in [-0.2, -0.15) is 0 Å². The van der Waals surface area contributed by atoms with Crippen LogP contribution in [0.5, 0.6) is 0 Å². The van der Waals surface area contributed by atoms with E-state index < -0.39 is 51.7 Å². The fourth-order valence-corrected chi connectivity index (χ4v) is 8.44. The molecule has 9 atom stereocenters. The molecule has 35 heavy (non-hydrogen) atoms. The maximum absolute atomic E-state index is 13.1. The van der Waals surface area contributed by atoms with Gasteiger partial charge >= 0.3 is 5.97 Å². The molecule has 0 aromatic carbocycles. The predicted molar refractivity (Wildman–Crippen MR) is 128 cm³/mol. The second kappa shape index (κ2) is 7.37. The first kappa shape index (κ1) is 24.9. The van der Waals surface area contributed by atoms with Gasteiger partial charge in [0.2, 0.25) is 0 Å². The van der Waals surface area contributed by atoms with Gasteiger partial charge in [0, 0.05) is 23.8 Å². The average molecular weight is 487 g/mol. The van der Waals surface area contributed by atoms with Crippen LogP contribution >= 0.6 is 0 Å². The third kappa shape index (κ3) is 2.76. The van der Waals surface area contributed by atoms with Crippen molar-refractivity contribution < 1.29 is 34.8 Å². The molecule has 7 nitrogen and oxygen atoms in total. The molecule has 0 spiro atoms. The van der Waals surface area contributed by atoms with Gasteiger partial charge < -0.3 is 25.2 Å². The number of allylic oxidation sites excluding steroid dienone is 4. The van der Waals surface area contributed by atoms with E-state index in [4.69, 9.17) is 4.74 Å². The van der Waals surface area contributed by atoms with Gasteiger partial charge in [-0.05, 0) is 71.3 Å². The highest BCUT2D eigenvalue weighted by Gasteiger charge is 2.79. The first-order chi connectivity index (χ1) is 16.2. The van der Waals surface area contributed by atoms with Crippen LogP contribution in [0.4, 0.5) is 0 Å². The fourth-order valence-electron chi connectivity index (χ4n) is 8.44. The van der Waals surface area contributed by atoms with Crippen LogP contribution in [0.15, 0.2) is 34.9 Å². The van der Waals surface area contributed by atoms with Crippen LogP contribution < -0.4 is 0 Å². The molecule has 0 radical (unpaired) electrons. The van der Waals surface area contributed by atoms with Crippen molar-refractivity contribution in [3.8, 4) is 0 Å². The normalized spacial score (nSPS) is 49.0. The lowest BCUT2D eigenvalue weighted by Gasteiger charge is -2.63. The summed E-state index contributed by atoms with van der Waals surface area (Å²) in [6, 6.07) is 0. The van der Waals surface area contributed by atoms with E-state index in [0.717, 1.165) is 11.1 Å². The van der Waals surface area contributed by atoms with E-state index in [-0.39, 0.29) is 24.5 Å². The quantitative estimate of drug-likeness (QED) is 0.349. The molecule has 3 unspecified atom stereocenters. The summed E-state index contributed by atoms with van der Waals surface area (Å²) in [5.74, 6) is -1.19. The number of carbonyl (C=O) groups is 2. The lowest BCUT2D eigenvalue weighted by Crippen LogP contribution is -2.72. The second-order valence-corrected chi connectivity index (χ2v) is 12.3. The van der Waals surface area contributed by atoms with Crippen LogP contribution in [0.2, 0.25) is 0 Å². The van der Waals surface area contributed by atoms with Crippen molar-refractivity contribution in [1.82, 2.24) is 0 Å². The maximum Gasteiger partial charge on any atom is 0.334 e. The average Bonchev–Trinajstić information content (AvgIpc) is 2.96. The zero-order chi connectivity index (χ0) is 25.8. The number of hydrogen-bond donors (Lipinski definition) is 4. The van der Waals surface area contributed by atoms with Crippen molar-refractivity contribution in [3.05, 3.63) is 34.9 Å². The number of aliphatic hydroxyl groups is 4. The Kier molecular flexibility index (Phi) is 5.24. The Morgan fingerprint density at radius 2 is 1.83 bits per heavy atom. The fraction of sp³-hybridized carbons (Fsp3) is 0.714. The van der Waals surface area contributed by atoms with E-state index in [0.29, 0.717) is 31.3 Å². The SMILES string of the molecule is CC1=C(C)C(=O)OC([C@](C)(O)[C@]2(O)C[C@H](O)[C@@]3(O)C4CC=C5CC=CC(=O)[C@]5(C)C4CC[C@]23C)C1. The van der Waals surface area contributed by atoms with Crippen molar-refractivity contribution >= 4 is 11.8 Å². The van der Waals surface area contributed by atoms with Crippen LogP contribution in [0, 0.1) is 22.7 Å². The molecular weight excluding hydrogens is 448 g/mol. The van der Waals surface area contributed by atoms with Crippen molar-refractivity contribution in [2.75, 3.05) is 0 Å². The number of aliphatic hydroxyl groups excluding tert-OH is 1. The Balaban J connectivity index is 1.57. The lowest BCUT2D eigenvalue weighted by molar-refractivity contribution is -0.283. The van der Waals surface area contributed by atoms with Gasteiger partial charge in [0.15, 0.2) is 5.78 Å². The second-order valence-electron chi connectivity index (χ2n) is 12.3. The molecule has 0 bridgehead atoms. The van der Waals surface area contributed by atoms with Crippen molar-refractivity contribution in [2.24, 2.45) is 22.7 Å². The van der Waals surface area contributed by atoms with E-state index in [1.54, 1.807) is 26.8 Å². The molecule has 5 rings (SSSR count). The van der Waals surface area contributed by atoms with Gasteiger partial charge in [0.05, 0.1) is 11.5 Å². The van der Waals surface area contributed by atoms with Gasteiger partial charge in [0.1, 0.15) is 22.9 Å². The molecule has 4 aliphatic carbocycles. The van der Waals surface area contributed by atoms with Crippen LogP contribution in [0.3, 0.4) is 0 Å². The highest BCUT2D eigenvalue weighted by molar-refractivity contribution is 5.98. The topological polar surface area (TPSA) is 124 Å². The first-order valence-corrected chi connectivity index (χ1v) is 12.8. The summed E-state index contributed by atoms with van der Waals surface area (Å²) in [7, 11) is 0. The standard InChI is InChI=1S/C28H38O7/c1-15-13-22(35-23(31)16(15)2)26(5,32)27(33)14-21(30)28(34)19-10-9-17-7-6-8-20(29)25(17,4)18(19)11-12-24(27,28)3/h6,8-9,18-19,21-22,30,32-34H,7,10-14H2,1-5H3/t18?,19?,21-,22?,24+,25-,26-,27-,28-/m0/s1. The summed E-state index contributed by atoms with van der Waals surface area (Å²) in [5.41, 5.74) is -5.33. The minimum absolute atomic E-state index is 0.0124. The number of ether oxygens (including phenoxy) is 1. The zero-order valence-corrected chi connectivity index (χ0v) is 21.3. The molecule has 0 aromatic rings. The monoisotopic (exact) mass is 486 g/mol. The molecule has 0 aromatic heterocycles. The summed E-state index contributed by atoms with van der Waals surface area (Å²) in [6.45, 7) is 8.60. The summed E-state index contributed by atoms with van der Waals surface area (Å²) >= 11 is 0. The smallest absolute Gasteiger partial charge is 0.334 e. The predicted octanol–water partition coefficient (Wildman–Crippen LogP) is 2.51. The van der Waals surface area contributed by atoms with Gasteiger partial charge in [-0.3, -0.25) is 4.79 Å². The number of esters is 1. The van der Waals surface area contributed by atoms with E-state index >= 15 is 0 Å². The molecule has 0 amide bonds. The van der Waals surface area contributed by atoms with Crippen molar-refractivity contribution in [3.63, 3.8) is 0 Å². The summed E-state index contributed by atoms with van der Waals surface area (Å²) in [5, 5.41) is 47.9. The number of rotatable bonds is 2. The third-order valence-electron chi connectivity index (χ3n) is 11.1. The van der Waals surface area contributed by atoms with E-state index in [1.807, 2.05) is 19.1 Å². The number of hydrogen-bond acceptors (Lipinski definition) is 7. The summed E-state index contributed by atoms with van der Waals surface area (Å²) in [6.07, 6.45) is 5.24. The largest absolute Gasteiger partial charge is 0.455 e. The highest BCUT2D eigenvalue weighted by atomic mass is 16.6. The Hall–Kier alpha value is -1.80. The van der Waals surface area contributed by atoms with Crippen LogP contribution in [-0.4, -0.2) is 61.2 Å².